The average molecular weight is 290 g/mol. The summed E-state index contributed by atoms with van der Waals surface area (Å²) in [5, 5.41) is 0. The van der Waals surface area contributed by atoms with E-state index in [4.69, 9.17) is 24.7 Å². The Bertz CT molecular complexity index is 574. The van der Waals surface area contributed by atoms with Crippen molar-refractivity contribution in [1.82, 2.24) is 4.98 Å². The van der Waals surface area contributed by atoms with E-state index in [1.807, 2.05) is 6.07 Å². The van der Waals surface area contributed by atoms with Crippen molar-refractivity contribution in [2.24, 2.45) is 0 Å². The molecule has 1 aromatic carbocycles. The Labute approximate surface area is 123 Å². The molecule has 0 saturated carbocycles. The molecule has 6 nitrogen and oxygen atoms in total. The summed E-state index contributed by atoms with van der Waals surface area (Å²) in [4.78, 5) is 4.01. The van der Waals surface area contributed by atoms with Crippen molar-refractivity contribution in [1.29, 1.82) is 0 Å². The van der Waals surface area contributed by atoms with Gasteiger partial charge in [-0.15, -0.1) is 0 Å². The summed E-state index contributed by atoms with van der Waals surface area (Å²) in [6, 6.07) is 7.08. The molecule has 0 atom stereocenters. The number of pyridine rings is 1. The smallest absolute Gasteiger partial charge is 0.203 e. The van der Waals surface area contributed by atoms with Crippen LogP contribution in [0.3, 0.4) is 0 Å². The quantitative estimate of drug-likeness (QED) is 0.879. The number of benzene rings is 1. The molecule has 112 valence electrons. The van der Waals surface area contributed by atoms with E-state index in [-0.39, 0.29) is 0 Å². The van der Waals surface area contributed by atoms with Crippen LogP contribution >= 0.6 is 0 Å². The van der Waals surface area contributed by atoms with E-state index >= 15 is 0 Å². The third kappa shape index (κ3) is 3.47. The minimum atomic E-state index is 0.367. The molecule has 0 bridgehead atoms. The van der Waals surface area contributed by atoms with E-state index in [0.29, 0.717) is 35.4 Å². The van der Waals surface area contributed by atoms with Crippen LogP contribution in [-0.2, 0) is 6.61 Å². The monoisotopic (exact) mass is 290 g/mol. The lowest BCUT2D eigenvalue weighted by molar-refractivity contribution is 0.291. The third-order valence-corrected chi connectivity index (χ3v) is 2.89. The second-order valence-corrected chi connectivity index (χ2v) is 4.24. The summed E-state index contributed by atoms with van der Waals surface area (Å²) in [6.07, 6.45) is 1.67. The topological polar surface area (TPSA) is 75.8 Å². The summed E-state index contributed by atoms with van der Waals surface area (Å²) >= 11 is 0. The van der Waals surface area contributed by atoms with E-state index < -0.39 is 0 Å². The maximum Gasteiger partial charge on any atom is 0.203 e. The summed E-state index contributed by atoms with van der Waals surface area (Å²) in [6.45, 7) is 0.367. The van der Waals surface area contributed by atoms with Gasteiger partial charge in [-0.1, -0.05) is 6.07 Å². The van der Waals surface area contributed by atoms with Crippen molar-refractivity contribution < 1.29 is 18.9 Å². The van der Waals surface area contributed by atoms with Crippen LogP contribution in [0.1, 0.15) is 5.56 Å². The molecule has 0 spiro atoms. The zero-order valence-corrected chi connectivity index (χ0v) is 12.3. The van der Waals surface area contributed by atoms with Crippen molar-refractivity contribution in [2.45, 2.75) is 6.61 Å². The molecule has 0 saturated heterocycles. The van der Waals surface area contributed by atoms with Crippen molar-refractivity contribution >= 4 is 5.82 Å². The molecule has 0 aliphatic carbocycles. The van der Waals surface area contributed by atoms with Gasteiger partial charge in [0.2, 0.25) is 5.75 Å². The van der Waals surface area contributed by atoms with Crippen LogP contribution in [0.15, 0.2) is 30.5 Å². The van der Waals surface area contributed by atoms with Gasteiger partial charge in [-0.2, -0.15) is 0 Å². The van der Waals surface area contributed by atoms with E-state index in [1.165, 1.54) is 0 Å². The van der Waals surface area contributed by atoms with Crippen molar-refractivity contribution in [3.8, 4) is 23.0 Å². The summed E-state index contributed by atoms with van der Waals surface area (Å²) in [5.74, 6) is 2.71. The summed E-state index contributed by atoms with van der Waals surface area (Å²) in [5.41, 5.74) is 6.46. The first kappa shape index (κ1) is 14.8. The van der Waals surface area contributed by atoms with Crippen LogP contribution in [0.4, 0.5) is 5.82 Å². The van der Waals surface area contributed by atoms with Crippen molar-refractivity contribution in [2.75, 3.05) is 27.1 Å². The first-order valence-corrected chi connectivity index (χ1v) is 6.31. The highest BCUT2D eigenvalue weighted by Crippen LogP contribution is 2.40. The van der Waals surface area contributed by atoms with E-state index in [2.05, 4.69) is 4.98 Å². The predicted octanol–water partition coefficient (Wildman–Crippen LogP) is 2.27. The number of aromatic nitrogens is 1. The maximum atomic E-state index is 5.72. The Balaban J connectivity index is 2.18. The van der Waals surface area contributed by atoms with E-state index in [1.54, 1.807) is 45.7 Å². The fourth-order valence-corrected chi connectivity index (χ4v) is 1.83. The Morgan fingerprint density at radius 1 is 1.00 bits per heavy atom. The van der Waals surface area contributed by atoms with Crippen LogP contribution in [0, 0.1) is 0 Å². The lowest BCUT2D eigenvalue weighted by Crippen LogP contribution is -2.00. The molecule has 1 heterocycles. The standard InChI is InChI=1S/C15H18N2O4/c1-18-12-6-11(7-13(19-2)15(12)20-3)21-9-10-4-5-14(16)17-8-10/h4-8H,9H2,1-3H3,(H2,16,17). The molecule has 2 N–H and O–H groups in total. The molecule has 2 rings (SSSR count). The number of nitrogen functional groups attached to an aromatic ring is 1. The maximum absolute atomic E-state index is 5.72. The molecular formula is C15H18N2O4. The number of hydrogen-bond donors (Lipinski definition) is 1. The average Bonchev–Trinajstić information content (AvgIpc) is 2.53. The molecule has 0 fully saturated rings. The number of rotatable bonds is 6. The molecule has 0 aliphatic heterocycles. The number of nitrogens with two attached hydrogens (primary N) is 1. The van der Waals surface area contributed by atoms with Crippen LogP contribution in [0.5, 0.6) is 23.0 Å². The third-order valence-electron chi connectivity index (χ3n) is 2.89. The summed E-state index contributed by atoms with van der Waals surface area (Å²) < 4.78 is 21.5. The predicted molar refractivity (Wildman–Crippen MR) is 79.1 cm³/mol. The zero-order chi connectivity index (χ0) is 15.2. The minimum Gasteiger partial charge on any atom is -0.493 e. The SMILES string of the molecule is COc1cc(OCc2ccc(N)nc2)cc(OC)c1OC. The second kappa shape index (κ2) is 6.69. The Morgan fingerprint density at radius 3 is 2.14 bits per heavy atom. The highest BCUT2D eigenvalue weighted by molar-refractivity contribution is 5.55. The molecule has 0 aliphatic rings. The molecule has 6 heteroatoms. The van der Waals surface area contributed by atoms with Crippen LogP contribution in [0.2, 0.25) is 0 Å². The Kier molecular flexibility index (Phi) is 4.71. The van der Waals surface area contributed by atoms with Crippen molar-refractivity contribution in [3.05, 3.63) is 36.0 Å². The highest BCUT2D eigenvalue weighted by atomic mass is 16.5. The fourth-order valence-electron chi connectivity index (χ4n) is 1.83. The van der Waals surface area contributed by atoms with Gasteiger partial charge in [0.05, 0.1) is 21.3 Å². The van der Waals surface area contributed by atoms with Crippen molar-refractivity contribution in [3.63, 3.8) is 0 Å². The van der Waals surface area contributed by atoms with Gasteiger partial charge in [0.25, 0.3) is 0 Å². The lowest BCUT2D eigenvalue weighted by atomic mass is 10.2. The highest BCUT2D eigenvalue weighted by Gasteiger charge is 2.13. The van der Waals surface area contributed by atoms with E-state index in [0.717, 1.165) is 5.56 Å². The van der Waals surface area contributed by atoms with Gasteiger partial charge in [-0.05, 0) is 6.07 Å². The Hall–Kier alpha value is -2.63. The molecule has 21 heavy (non-hydrogen) atoms. The number of hydrogen-bond acceptors (Lipinski definition) is 6. The number of anilines is 1. The van der Waals surface area contributed by atoms with Crippen LogP contribution in [-0.4, -0.2) is 26.3 Å². The number of ether oxygens (including phenoxy) is 4. The normalized spacial score (nSPS) is 10.0. The molecule has 0 unspecified atom stereocenters. The molecule has 0 amide bonds. The first-order valence-electron chi connectivity index (χ1n) is 6.31. The van der Waals surface area contributed by atoms with Gasteiger partial charge in [-0.3, -0.25) is 0 Å². The second-order valence-electron chi connectivity index (χ2n) is 4.24. The zero-order valence-electron chi connectivity index (χ0n) is 12.3. The van der Waals surface area contributed by atoms with Gasteiger partial charge < -0.3 is 24.7 Å². The van der Waals surface area contributed by atoms with Crippen LogP contribution < -0.4 is 24.7 Å². The van der Waals surface area contributed by atoms with Gasteiger partial charge >= 0.3 is 0 Å². The summed E-state index contributed by atoms with van der Waals surface area (Å²) in [7, 11) is 4.68. The number of methoxy groups -OCH3 is 3. The van der Waals surface area contributed by atoms with Gasteiger partial charge in [0.1, 0.15) is 18.2 Å². The minimum absolute atomic E-state index is 0.367. The molecule has 2 aromatic rings. The van der Waals surface area contributed by atoms with E-state index in [9.17, 15) is 0 Å². The van der Waals surface area contributed by atoms with Crippen LogP contribution in [0.25, 0.3) is 0 Å². The molecular weight excluding hydrogens is 272 g/mol. The molecule has 0 radical (unpaired) electrons. The van der Waals surface area contributed by atoms with Gasteiger partial charge in [0.15, 0.2) is 11.5 Å². The molecule has 1 aromatic heterocycles. The largest absolute Gasteiger partial charge is 0.493 e. The Morgan fingerprint density at radius 2 is 1.67 bits per heavy atom. The van der Waals surface area contributed by atoms with Gasteiger partial charge in [0, 0.05) is 23.9 Å². The number of nitrogens with zero attached hydrogens (tertiary/aromatic N) is 1. The van der Waals surface area contributed by atoms with Gasteiger partial charge in [-0.25, -0.2) is 4.98 Å². The fraction of sp³-hybridized carbons (Fsp3) is 0.267. The first-order chi connectivity index (χ1) is 10.2. The lowest BCUT2D eigenvalue weighted by Gasteiger charge is -2.14.